The molecular weight excluding hydrogens is 178 g/mol. The molecule has 0 saturated heterocycles. The fraction of sp³-hybridized carbons (Fsp3) is 0.455. The molecule has 2 unspecified atom stereocenters. The molecule has 3 nitrogen and oxygen atoms in total. The number of aromatic hydroxyl groups is 1. The van der Waals surface area contributed by atoms with Crippen molar-refractivity contribution in [3.63, 3.8) is 0 Å². The largest absolute Gasteiger partial charge is 0.508 e. The zero-order valence-corrected chi connectivity index (χ0v) is 8.35. The summed E-state index contributed by atoms with van der Waals surface area (Å²) in [5.41, 5.74) is 6.63. The van der Waals surface area contributed by atoms with E-state index in [0.29, 0.717) is 6.42 Å². The summed E-state index contributed by atoms with van der Waals surface area (Å²) in [6.07, 6.45) is 0.981. The summed E-state index contributed by atoms with van der Waals surface area (Å²) in [5, 5.41) is 18.5. The van der Waals surface area contributed by atoms with Crippen LogP contribution in [0.1, 0.15) is 18.9 Å². The van der Waals surface area contributed by atoms with E-state index in [1.54, 1.807) is 19.1 Å². The van der Waals surface area contributed by atoms with Crippen LogP contribution in [0.3, 0.4) is 0 Å². The summed E-state index contributed by atoms with van der Waals surface area (Å²) >= 11 is 0. The van der Waals surface area contributed by atoms with Crippen molar-refractivity contribution in [2.24, 2.45) is 5.73 Å². The van der Waals surface area contributed by atoms with E-state index in [2.05, 4.69) is 0 Å². The minimum atomic E-state index is -0.455. The number of benzene rings is 1. The van der Waals surface area contributed by atoms with E-state index < -0.39 is 6.10 Å². The van der Waals surface area contributed by atoms with Crippen LogP contribution in [-0.4, -0.2) is 22.4 Å². The molecule has 1 rings (SSSR count). The van der Waals surface area contributed by atoms with Crippen molar-refractivity contribution < 1.29 is 10.2 Å². The van der Waals surface area contributed by atoms with Crippen molar-refractivity contribution in [3.8, 4) is 5.75 Å². The topological polar surface area (TPSA) is 66.5 Å². The third kappa shape index (κ3) is 3.36. The van der Waals surface area contributed by atoms with Gasteiger partial charge < -0.3 is 15.9 Å². The molecule has 1 aromatic rings. The maximum Gasteiger partial charge on any atom is 0.115 e. The van der Waals surface area contributed by atoms with Crippen LogP contribution in [0, 0.1) is 0 Å². The molecule has 0 aliphatic heterocycles. The lowest BCUT2D eigenvalue weighted by molar-refractivity contribution is 0.141. The fourth-order valence-electron chi connectivity index (χ4n) is 1.24. The van der Waals surface area contributed by atoms with E-state index in [1.165, 1.54) is 0 Å². The van der Waals surface area contributed by atoms with Gasteiger partial charge in [-0.1, -0.05) is 12.1 Å². The first-order valence-corrected chi connectivity index (χ1v) is 4.81. The number of nitrogens with two attached hydrogens (primary N) is 1. The lowest BCUT2D eigenvalue weighted by Crippen LogP contribution is -2.31. The quantitative estimate of drug-likeness (QED) is 0.672. The van der Waals surface area contributed by atoms with Crippen molar-refractivity contribution in [1.82, 2.24) is 0 Å². The summed E-state index contributed by atoms with van der Waals surface area (Å²) in [6, 6.07) is 6.81. The van der Waals surface area contributed by atoms with Crippen LogP contribution >= 0.6 is 0 Å². The summed E-state index contributed by atoms with van der Waals surface area (Å²) in [5.74, 6) is 0.265. The summed E-state index contributed by atoms with van der Waals surface area (Å²) in [6.45, 7) is 1.79. The van der Waals surface area contributed by atoms with Gasteiger partial charge in [0.15, 0.2) is 0 Å². The second kappa shape index (κ2) is 4.98. The highest BCUT2D eigenvalue weighted by molar-refractivity contribution is 5.25. The third-order valence-electron chi connectivity index (χ3n) is 2.27. The molecule has 0 heterocycles. The Morgan fingerprint density at radius 2 is 1.86 bits per heavy atom. The van der Waals surface area contributed by atoms with Gasteiger partial charge in [0.05, 0.1) is 6.10 Å². The predicted octanol–water partition coefficient (Wildman–Crippen LogP) is 1.03. The van der Waals surface area contributed by atoms with Gasteiger partial charge in [0.2, 0.25) is 0 Å². The van der Waals surface area contributed by atoms with Gasteiger partial charge in [0.1, 0.15) is 5.75 Å². The molecule has 0 radical (unpaired) electrons. The van der Waals surface area contributed by atoms with E-state index >= 15 is 0 Å². The molecule has 1 aromatic carbocycles. The minimum Gasteiger partial charge on any atom is -0.508 e. The Morgan fingerprint density at radius 1 is 1.29 bits per heavy atom. The zero-order chi connectivity index (χ0) is 10.6. The van der Waals surface area contributed by atoms with E-state index in [9.17, 15) is 5.11 Å². The maximum atomic E-state index is 9.47. The van der Waals surface area contributed by atoms with Gasteiger partial charge in [-0.05, 0) is 37.5 Å². The number of phenols is 1. The van der Waals surface area contributed by atoms with Crippen molar-refractivity contribution in [2.45, 2.75) is 31.9 Å². The lowest BCUT2D eigenvalue weighted by Gasteiger charge is -2.13. The number of aliphatic hydroxyl groups is 1. The van der Waals surface area contributed by atoms with Crippen LogP contribution in [0.15, 0.2) is 24.3 Å². The van der Waals surface area contributed by atoms with Gasteiger partial charge >= 0.3 is 0 Å². The Labute approximate surface area is 84.2 Å². The Morgan fingerprint density at radius 3 is 2.36 bits per heavy atom. The Bertz CT molecular complexity index is 269. The number of aliphatic hydroxyl groups excluding tert-OH is 1. The van der Waals surface area contributed by atoms with Gasteiger partial charge in [-0.25, -0.2) is 0 Å². The molecule has 0 aliphatic rings. The first-order chi connectivity index (χ1) is 6.59. The smallest absolute Gasteiger partial charge is 0.115 e. The van der Waals surface area contributed by atoms with E-state index in [4.69, 9.17) is 10.8 Å². The highest BCUT2D eigenvalue weighted by atomic mass is 16.3. The van der Waals surface area contributed by atoms with Crippen LogP contribution in [-0.2, 0) is 6.42 Å². The molecule has 0 fully saturated rings. The van der Waals surface area contributed by atoms with Gasteiger partial charge in [0.25, 0.3) is 0 Å². The number of hydrogen-bond acceptors (Lipinski definition) is 3. The first kappa shape index (κ1) is 11.0. The average molecular weight is 195 g/mol. The van der Waals surface area contributed by atoms with Crippen molar-refractivity contribution >= 4 is 0 Å². The number of phenolic OH excluding ortho intramolecular Hbond substituents is 1. The van der Waals surface area contributed by atoms with Crippen LogP contribution < -0.4 is 5.73 Å². The number of rotatable bonds is 4. The molecule has 0 saturated carbocycles. The monoisotopic (exact) mass is 195 g/mol. The van der Waals surface area contributed by atoms with E-state index in [-0.39, 0.29) is 11.8 Å². The summed E-state index contributed by atoms with van der Waals surface area (Å²) in [7, 11) is 0. The van der Waals surface area contributed by atoms with E-state index in [1.807, 2.05) is 12.1 Å². The van der Waals surface area contributed by atoms with E-state index in [0.717, 1.165) is 12.0 Å². The maximum absolute atomic E-state index is 9.47. The van der Waals surface area contributed by atoms with Gasteiger partial charge in [0, 0.05) is 6.04 Å². The average Bonchev–Trinajstić information content (AvgIpc) is 2.16. The molecule has 14 heavy (non-hydrogen) atoms. The molecule has 0 aromatic heterocycles. The SMILES string of the molecule is CC(N)C(O)CCc1ccc(O)cc1. The van der Waals surface area contributed by atoms with Crippen molar-refractivity contribution in [1.29, 1.82) is 0 Å². The molecule has 2 atom stereocenters. The van der Waals surface area contributed by atoms with Crippen molar-refractivity contribution in [2.75, 3.05) is 0 Å². The highest BCUT2D eigenvalue weighted by Gasteiger charge is 2.08. The van der Waals surface area contributed by atoms with Crippen LogP contribution in [0.4, 0.5) is 0 Å². The molecule has 0 spiro atoms. The number of aryl methyl sites for hydroxylation is 1. The molecule has 0 aliphatic carbocycles. The zero-order valence-electron chi connectivity index (χ0n) is 8.35. The molecule has 0 bridgehead atoms. The third-order valence-corrected chi connectivity index (χ3v) is 2.27. The second-order valence-electron chi connectivity index (χ2n) is 3.63. The van der Waals surface area contributed by atoms with Gasteiger partial charge in [-0.3, -0.25) is 0 Å². The normalized spacial score (nSPS) is 15.1. The number of hydrogen-bond donors (Lipinski definition) is 3. The molecule has 0 amide bonds. The standard InChI is InChI=1S/C11H17NO2/c1-8(12)11(14)7-4-9-2-5-10(13)6-3-9/h2-3,5-6,8,11,13-14H,4,7,12H2,1H3. The Hall–Kier alpha value is -1.06. The van der Waals surface area contributed by atoms with Crippen LogP contribution in [0.2, 0.25) is 0 Å². The van der Waals surface area contributed by atoms with Gasteiger partial charge in [-0.2, -0.15) is 0 Å². The molecule has 78 valence electrons. The highest BCUT2D eigenvalue weighted by Crippen LogP contribution is 2.12. The lowest BCUT2D eigenvalue weighted by atomic mass is 10.0. The summed E-state index contributed by atoms with van der Waals surface area (Å²) < 4.78 is 0. The fourth-order valence-corrected chi connectivity index (χ4v) is 1.24. The molecule has 4 N–H and O–H groups in total. The van der Waals surface area contributed by atoms with Gasteiger partial charge in [-0.15, -0.1) is 0 Å². The first-order valence-electron chi connectivity index (χ1n) is 4.81. The summed E-state index contributed by atoms with van der Waals surface area (Å²) in [4.78, 5) is 0. The molecule has 3 heteroatoms. The molecular formula is C11H17NO2. The van der Waals surface area contributed by atoms with Crippen LogP contribution in [0.25, 0.3) is 0 Å². The van der Waals surface area contributed by atoms with Crippen molar-refractivity contribution in [3.05, 3.63) is 29.8 Å². The Balaban J connectivity index is 2.42. The Kier molecular flexibility index (Phi) is 3.92. The predicted molar refractivity (Wildman–Crippen MR) is 56.1 cm³/mol. The second-order valence-corrected chi connectivity index (χ2v) is 3.63. The minimum absolute atomic E-state index is 0.188. The van der Waals surface area contributed by atoms with Crippen LogP contribution in [0.5, 0.6) is 5.75 Å².